The summed E-state index contributed by atoms with van der Waals surface area (Å²) < 4.78 is 56.4. The summed E-state index contributed by atoms with van der Waals surface area (Å²) in [6.07, 6.45) is 0. The Bertz CT molecular complexity index is 529. The van der Waals surface area contributed by atoms with E-state index in [1.165, 1.54) is 0 Å². The van der Waals surface area contributed by atoms with Gasteiger partial charge in [0.15, 0.2) is 0 Å². The second kappa shape index (κ2) is 13.7. The molecule has 0 fully saturated rings. The molecule has 0 aromatic rings. The molecule has 0 heterocycles. The van der Waals surface area contributed by atoms with Gasteiger partial charge in [-0.25, -0.2) is 0 Å². The first kappa shape index (κ1) is 31.6. The molecule has 0 saturated carbocycles. The van der Waals surface area contributed by atoms with Gasteiger partial charge in [0, 0.05) is 0 Å². The number of ether oxygens (including phenoxy) is 3. The molecule has 21 heteroatoms. The zero-order chi connectivity index (χ0) is 23.5. The minimum Gasteiger partial charge on any atom is -0.394 e. The Labute approximate surface area is 163 Å². The van der Waals surface area contributed by atoms with Crippen LogP contribution in [0.15, 0.2) is 0 Å². The quantitative estimate of drug-likeness (QED) is 0.0878. The highest BCUT2D eigenvalue weighted by Crippen LogP contribution is 2.67. The second-order valence-corrected chi connectivity index (χ2v) is 12.2. The minimum absolute atomic E-state index is 0.0417. The van der Waals surface area contributed by atoms with Crippen molar-refractivity contribution >= 4 is 30.4 Å². The van der Waals surface area contributed by atoms with E-state index >= 15 is 0 Å². The molecule has 0 aliphatic rings. The van der Waals surface area contributed by atoms with Crippen LogP contribution in [0.25, 0.3) is 0 Å². The van der Waals surface area contributed by atoms with Crippen molar-refractivity contribution in [3.8, 4) is 0 Å². The van der Waals surface area contributed by atoms with E-state index in [2.05, 4.69) is 4.74 Å². The minimum atomic E-state index is -5.76. The number of hydrogen-bond acceptors (Lipinski definition) is 9. The van der Waals surface area contributed by atoms with Crippen molar-refractivity contribution in [2.45, 2.75) is 11.2 Å². The molecule has 0 atom stereocenters. The lowest BCUT2D eigenvalue weighted by molar-refractivity contribution is 0.0222. The summed E-state index contributed by atoms with van der Waals surface area (Å²) in [6.45, 7) is 1.73. The van der Waals surface area contributed by atoms with Crippen molar-refractivity contribution in [3.05, 3.63) is 0 Å². The summed E-state index contributed by atoms with van der Waals surface area (Å²) in [4.78, 5) is 68.7. The number of rotatable bonds is 13. The normalized spacial score (nSPS) is 13.5. The smallest absolute Gasteiger partial charge is 0.366 e. The average molecular weight is 516 g/mol. The molecule has 178 valence electrons. The molecular formula is C8H24O17P4. The van der Waals surface area contributed by atoms with Crippen LogP contribution in [0, 0.1) is 0 Å². The first-order chi connectivity index (χ1) is 12.9. The SMILES string of the molecule is O=P(O)(O)C(OC(P(=O)(O)O)P(=O)(O)O)P(=O)(O)O.OCCOCCOCCO. The lowest BCUT2D eigenvalue weighted by Gasteiger charge is -2.26. The van der Waals surface area contributed by atoms with E-state index < -0.39 is 41.6 Å². The van der Waals surface area contributed by atoms with E-state index in [4.69, 9.17) is 58.8 Å². The Hall–Kier alpha value is 0.400. The third-order valence-electron chi connectivity index (χ3n) is 2.24. The summed E-state index contributed by atoms with van der Waals surface area (Å²) in [5.41, 5.74) is -6.82. The van der Waals surface area contributed by atoms with Gasteiger partial charge in [-0.05, 0) is 0 Å². The van der Waals surface area contributed by atoms with Crippen LogP contribution >= 0.6 is 30.4 Å². The molecule has 0 aliphatic heterocycles. The Morgan fingerprint density at radius 3 is 0.931 bits per heavy atom. The van der Waals surface area contributed by atoms with Crippen molar-refractivity contribution in [3.63, 3.8) is 0 Å². The van der Waals surface area contributed by atoms with E-state index in [-0.39, 0.29) is 13.2 Å². The third-order valence-corrected chi connectivity index (χ3v) is 8.64. The lowest BCUT2D eigenvalue weighted by Crippen LogP contribution is -2.23. The highest BCUT2D eigenvalue weighted by molar-refractivity contribution is 7.72. The molecule has 0 aromatic carbocycles. The van der Waals surface area contributed by atoms with Gasteiger partial charge >= 0.3 is 30.4 Å². The van der Waals surface area contributed by atoms with Crippen LogP contribution in [-0.4, -0.2) is 100 Å². The largest absolute Gasteiger partial charge is 0.394 e. The zero-order valence-electron chi connectivity index (χ0n) is 14.5. The fourth-order valence-electron chi connectivity index (χ4n) is 1.27. The van der Waals surface area contributed by atoms with Gasteiger partial charge in [0.2, 0.25) is 0 Å². The van der Waals surface area contributed by atoms with Crippen LogP contribution in [0.3, 0.4) is 0 Å². The molecule has 0 rings (SSSR count). The predicted molar refractivity (Wildman–Crippen MR) is 92.6 cm³/mol. The molecule has 0 bridgehead atoms. The molecular weight excluding hydrogens is 492 g/mol. The van der Waals surface area contributed by atoms with Crippen molar-refractivity contribution in [1.82, 2.24) is 0 Å². The lowest BCUT2D eigenvalue weighted by atomic mass is 10.7. The van der Waals surface area contributed by atoms with E-state index in [0.717, 1.165) is 0 Å². The number of aliphatic hydroxyl groups is 2. The van der Waals surface area contributed by atoms with Gasteiger partial charge in [0.25, 0.3) is 11.2 Å². The summed E-state index contributed by atoms with van der Waals surface area (Å²) in [5, 5.41) is 16.5. The van der Waals surface area contributed by atoms with Gasteiger partial charge in [-0.2, -0.15) is 0 Å². The van der Waals surface area contributed by atoms with E-state index in [0.29, 0.717) is 26.4 Å². The average Bonchev–Trinajstić information content (AvgIpc) is 2.46. The molecule has 0 radical (unpaired) electrons. The molecule has 0 unspecified atom stereocenters. The second-order valence-electron chi connectivity index (χ2n) is 4.82. The van der Waals surface area contributed by atoms with Crippen LogP contribution in [0.1, 0.15) is 0 Å². The van der Waals surface area contributed by atoms with Crippen LogP contribution in [0.4, 0.5) is 0 Å². The Morgan fingerprint density at radius 2 is 0.759 bits per heavy atom. The number of hydrogen-bond donors (Lipinski definition) is 10. The topological polar surface area (TPSA) is 298 Å². The Kier molecular flexibility index (Phi) is 15.0. The maximum atomic E-state index is 10.7. The summed E-state index contributed by atoms with van der Waals surface area (Å²) >= 11 is 0. The first-order valence-corrected chi connectivity index (χ1v) is 13.8. The molecule has 0 amide bonds. The highest BCUT2D eigenvalue weighted by Gasteiger charge is 2.54. The third kappa shape index (κ3) is 15.8. The van der Waals surface area contributed by atoms with Gasteiger partial charge in [-0.15, -0.1) is 0 Å². The van der Waals surface area contributed by atoms with Gasteiger partial charge in [-0.1, -0.05) is 0 Å². The van der Waals surface area contributed by atoms with Gasteiger partial charge < -0.3 is 63.6 Å². The zero-order valence-corrected chi connectivity index (χ0v) is 18.1. The maximum absolute atomic E-state index is 10.7. The van der Waals surface area contributed by atoms with E-state index in [1.54, 1.807) is 0 Å². The van der Waals surface area contributed by atoms with Gasteiger partial charge in [-0.3, -0.25) is 18.3 Å². The van der Waals surface area contributed by atoms with E-state index in [1.807, 2.05) is 0 Å². The molecule has 0 saturated heterocycles. The van der Waals surface area contributed by atoms with E-state index in [9.17, 15) is 18.3 Å². The van der Waals surface area contributed by atoms with Crippen molar-refractivity contribution in [1.29, 1.82) is 0 Å². The van der Waals surface area contributed by atoms with Crippen LogP contribution in [0.2, 0.25) is 0 Å². The van der Waals surface area contributed by atoms with Crippen LogP contribution in [0.5, 0.6) is 0 Å². The molecule has 29 heavy (non-hydrogen) atoms. The number of aliphatic hydroxyl groups excluding tert-OH is 2. The van der Waals surface area contributed by atoms with Gasteiger partial charge in [0.05, 0.1) is 39.6 Å². The molecule has 0 aliphatic carbocycles. The first-order valence-electron chi connectivity index (χ1n) is 7.12. The van der Waals surface area contributed by atoms with Crippen molar-refractivity contribution < 1.29 is 81.8 Å². The molecule has 17 nitrogen and oxygen atoms in total. The molecule has 0 aromatic heterocycles. The standard InChI is InChI=1S/C6H14O4.C2H10O13P4/c7-1-3-9-5-6-10-4-2-8;3-16(4,5)1(17(6,7)8)15-2(18(9,10)11)19(12,13)14/h7-8H,1-6H2;1-2H,(H2,3,4,5)(H2,6,7,8)(H2,9,10,11)(H2,12,13,14). The van der Waals surface area contributed by atoms with Crippen molar-refractivity contribution in [2.75, 3.05) is 39.6 Å². The van der Waals surface area contributed by atoms with Crippen molar-refractivity contribution in [2.24, 2.45) is 0 Å². The van der Waals surface area contributed by atoms with Crippen LogP contribution in [-0.2, 0) is 32.5 Å². The molecule has 10 N–H and O–H groups in total. The maximum Gasteiger partial charge on any atom is 0.366 e. The summed E-state index contributed by atoms with van der Waals surface area (Å²) in [7, 11) is -23.0. The monoisotopic (exact) mass is 516 g/mol. The predicted octanol–water partition coefficient (Wildman–Crippen LogP) is -2.71. The highest BCUT2D eigenvalue weighted by atomic mass is 31.2. The Balaban J connectivity index is 0. The fourth-order valence-corrected chi connectivity index (χ4v) is 5.91. The Morgan fingerprint density at radius 1 is 0.517 bits per heavy atom. The summed E-state index contributed by atoms with van der Waals surface area (Å²) in [5.74, 6) is 0. The molecule has 0 spiro atoms. The summed E-state index contributed by atoms with van der Waals surface area (Å²) in [6, 6.07) is 0. The fraction of sp³-hybridized carbons (Fsp3) is 1.00. The van der Waals surface area contributed by atoms with Crippen LogP contribution < -0.4 is 0 Å². The van der Waals surface area contributed by atoms with Gasteiger partial charge in [0.1, 0.15) is 0 Å².